The molecule has 1 aromatic heterocycles. The molecule has 19 heavy (non-hydrogen) atoms. The van der Waals surface area contributed by atoms with Crippen molar-refractivity contribution >= 4 is 5.82 Å². The molecule has 3 heteroatoms. The van der Waals surface area contributed by atoms with Crippen molar-refractivity contribution in [2.45, 2.75) is 32.1 Å². The lowest BCUT2D eigenvalue weighted by molar-refractivity contribution is 0.420. The van der Waals surface area contributed by atoms with Crippen molar-refractivity contribution in [3.63, 3.8) is 0 Å². The van der Waals surface area contributed by atoms with Gasteiger partial charge < -0.3 is 5.32 Å². The molecule has 98 valence electrons. The van der Waals surface area contributed by atoms with Gasteiger partial charge in [-0.25, -0.2) is 9.97 Å². The zero-order valence-corrected chi connectivity index (χ0v) is 11.5. The summed E-state index contributed by atoms with van der Waals surface area (Å²) in [6.07, 6.45) is 5.65. The molecule has 0 saturated heterocycles. The topological polar surface area (TPSA) is 37.8 Å². The van der Waals surface area contributed by atoms with E-state index in [1.54, 1.807) is 6.33 Å². The third kappa shape index (κ3) is 2.21. The van der Waals surface area contributed by atoms with Crippen LogP contribution in [-0.2, 0) is 0 Å². The van der Waals surface area contributed by atoms with Crippen LogP contribution in [0, 0.1) is 6.92 Å². The van der Waals surface area contributed by atoms with Gasteiger partial charge in [0, 0.05) is 18.2 Å². The molecule has 0 radical (unpaired) electrons. The molecular formula is C16H19N3. The third-order valence-corrected chi connectivity index (χ3v) is 4.06. The second-order valence-corrected chi connectivity index (χ2v) is 5.20. The second kappa shape index (κ2) is 5.00. The number of nitrogens with zero attached hydrogens (tertiary/aromatic N) is 2. The Hall–Kier alpha value is -1.90. The Morgan fingerprint density at radius 2 is 2.05 bits per heavy atom. The highest BCUT2D eigenvalue weighted by Crippen LogP contribution is 2.37. The maximum Gasteiger partial charge on any atom is 0.132 e. The van der Waals surface area contributed by atoms with Gasteiger partial charge in [0.2, 0.25) is 0 Å². The molecule has 1 aliphatic carbocycles. The van der Waals surface area contributed by atoms with Crippen LogP contribution in [-0.4, -0.2) is 17.0 Å². The van der Waals surface area contributed by atoms with E-state index in [0.29, 0.717) is 0 Å². The van der Waals surface area contributed by atoms with Gasteiger partial charge in [0.05, 0.1) is 5.69 Å². The van der Waals surface area contributed by atoms with Gasteiger partial charge in [0.1, 0.15) is 12.1 Å². The summed E-state index contributed by atoms with van der Waals surface area (Å²) in [6.45, 7) is 2.07. The van der Waals surface area contributed by atoms with Crippen LogP contribution >= 0.6 is 0 Å². The quantitative estimate of drug-likeness (QED) is 0.905. The van der Waals surface area contributed by atoms with Crippen LogP contribution in [0.5, 0.6) is 0 Å². The molecule has 0 bridgehead atoms. The van der Waals surface area contributed by atoms with Gasteiger partial charge in [-0.1, -0.05) is 24.6 Å². The Bertz CT molecular complexity index is 588. The molecular weight excluding hydrogens is 234 g/mol. The maximum absolute atomic E-state index is 4.45. The Labute approximate surface area is 114 Å². The maximum atomic E-state index is 4.45. The molecule has 0 amide bonds. The van der Waals surface area contributed by atoms with Crippen molar-refractivity contribution < 1.29 is 0 Å². The first-order valence-corrected chi connectivity index (χ1v) is 6.89. The van der Waals surface area contributed by atoms with Gasteiger partial charge in [0.25, 0.3) is 0 Å². The highest BCUT2D eigenvalue weighted by atomic mass is 15.0. The average Bonchev–Trinajstić information content (AvgIpc) is 2.37. The van der Waals surface area contributed by atoms with E-state index in [2.05, 4.69) is 46.5 Å². The lowest BCUT2D eigenvalue weighted by atomic mass is 9.79. The van der Waals surface area contributed by atoms with Gasteiger partial charge >= 0.3 is 0 Å². The summed E-state index contributed by atoms with van der Waals surface area (Å²) in [4.78, 5) is 8.70. The van der Waals surface area contributed by atoms with Crippen molar-refractivity contribution in [2.24, 2.45) is 0 Å². The Morgan fingerprint density at radius 1 is 1.21 bits per heavy atom. The summed E-state index contributed by atoms with van der Waals surface area (Å²) in [5.74, 6) is 1.66. The van der Waals surface area contributed by atoms with Crippen LogP contribution < -0.4 is 5.32 Å². The molecule has 2 aromatic rings. The van der Waals surface area contributed by atoms with E-state index in [4.69, 9.17) is 0 Å². The zero-order valence-electron chi connectivity index (χ0n) is 11.5. The first-order chi connectivity index (χ1) is 9.29. The van der Waals surface area contributed by atoms with Crippen molar-refractivity contribution in [3.05, 3.63) is 41.7 Å². The van der Waals surface area contributed by atoms with Crippen LogP contribution in [0.25, 0.3) is 11.3 Å². The Kier molecular flexibility index (Phi) is 3.20. The fraction of sp³-hybridized carbons (Fsp3) is 0.375. The summed E-state index contributed by atoms with van der Waals surface area (Å²) in [7, 11) is 1.89. The number of aromatic nitrogens is 2. The first kappa shape index (κ1) is 12.2. The normalized spacial score (nSPS) is 15.1. The Balaban J connectivity index is 2.01. The summed E-state index contributed by atoms with van der Waals surface area (Å²) in [5, 5.41) is 3.11. The molecule has 0 unspecified atom stereocenters. The fourth-order valence-corrected chi connectivity index (χ4v) is 2.67. The minimum Gasteiger partial charge on any atom is -0.373 e. The molecule has 0 aliphatic heterocycles. The fourth-order valence-electron chi connectivity index (χ4n) is 2.67. The van der Waals surface area contributed by atoms with Gasteiger partial charge in [-0.15, -0.1) is 0 Å². The van der Waals surface area contributed by atoms with Gasteiger partial charge in [0.15, 0.2) is 0 Å². The monoisotopic (exact) mass is 253 g/mol. The molecule has 1 fully saturated rings. The second-order valence-electron chi connectivity index (χ2n) is 5.20. The van der Waals surface area contributed by atoms with Crippen molar-refractivity contribution in [1.82, 2.24) is 9.97 Å². The molecule has 0 atom stereocenters. The lowest BCUT2D eigenvalue weighted by Gasteiger charge is -2.26. The minimum absolute atomic E-state index is 0.755. The van der Waals surface area contributed by atoms with Crippen molar-refractivity contribution in [2.75, 3.05) is 12.4 Å². The van der Waals surface area contributed by atoms with Gasteiger partial charge in [-0.2, -0.15) is 0 Å². The van der Waals surface area contributed by atoms with Crippen molar-refractivity contribution in [1.29, 1.82) is 0 Å². The number of anilines is 1. The van der Waals surface area contributed by atoms with Crippen LogP contribution in [0.2, 0.25) is 0 Å². The van der Waals surface area contributed by atoms with Crippen LogP contribution in [0.3, 0.4) is 0 Å². The highest BCUT2D eigenvalue weighted by molar-refractivity contribution is 5.68. The molecule has 1 aromatic carbocycles. The van der Waals surface area contributed by atoms with E-state index in [9.17, 15) is 0 Å². The van der Waals surface area contributed by atoms with Gasteiger partial charge in [-0.05, 0) is 37.3 Å². The van der Waals surface area contributed by atoms with E-state index < -0.39 is 0 Å². The number of nitrogens with one attached hydrogen (secondary N) is 1. The smallest absolute Gasteiger partial charge is 0.132 e. The van der Waals surface area contributed by atoms with Crippen LogP contribution in [0.15, 0.2) is 30.6 Å². The summed E-state index contributed by atoms with van der Waals surface area (Å²) in [5.41, 5.74) is 4.78. The summed E-state index contributed by atoms with van der Waals surface area (Å²) >= 11 is 0. The molecule has 0 spiro atoms. The third-order valence-electron chi connectivity index (χ3n) is 4.06. The number of hydrogen-bond donors (Lipinski definition) is 1. The summed E-state index contributed by atoms with van der Waals surface area (Å²) in [6, 6.07) is 8.81. The largest absolute Gasteiger partial charge is 0.373 e. The molecule has 1 aliphatic rings. The average molecular weight is 253 g/mol. The lowest BCUT2D eigenvalue weighted by Crippen LogP contribution is -2.08. The van der Waals surface area contributed by atoms with Crippen LogP contribution in [0.1, 0.15) is 36.3 Å². The van der Waals surface area contributed by atoms with E-state index in [1.807, 2.05) is 7.05 Å². The van der Waals surface area contributed by atoms with E-state index in [1.165, 1.54) is 30.4 Å². The molecule has 1 saturated carbocycles. The highest BCUT2D eigenvalue weighted by Gasteiger charge is 2.20. The number of benzene rings is 1. The first-order valence-electron chi connectivity index (χ1n) is 6.89. The number of rotatable bonds is 3. The molecule has 1 N–H and O–H groups in total. The predicted molar refractivity (Wildman–Crippen MR) is 78.3 cm³/mol. The van der Waals surface area contributed by atoms with E-state index in [-0.39, 0.29) is 0 Å². The number of hydrogen-bond acceptors (Lipinski definition) is 3. The van der Waals surface area contributed by atoms with Crippen molar-refractivity contribution in [3.8, 4) is 11.3 Å². The van der Waals surface area contributed by atoms with E-state index in [0.717, 1.165) is 23.0 Å². The minimum atomic E-state index is 0.755. The Morgan fingerprint density at radius 3 is 2.74 bits per heavy atom. The molecule has 3 nitrogen and oxygen atoms in total. The molecule has 3 rings (SSSR count). The van der Waals surface area contributed by atoms with Gasteiger partial charge in [-0.3, -0.25) is 0 Å². The van der Waals surface area contributed by atoms with E-state index >= 15 is 0 Å². The SMILES string of the molecule is CNc1ncnc(-c2cccc(C3CCC3)c2)c1C. The zero-order chi connectivity index (χ0) is 13.2. The summed E-state index contributed by atoms with van der Waals surface area (Å²) < 4.78 is 0. The van der Waals surface area contributed by atoms with Crippen LogP contribution in [0.4, 0.5) is 5.82 Å². The predicted octanol–water partition coefficient (Wildman–Crippen LogP) is 3.76. The standard InChI is InChI=1S/C16H19N3/c1-11-15(18-10-19-16(11)17-2)14-8-4-7-13(9-14)12-5-3-6-12/h4,7-10,12H,3,5-6H2,1-2H3,(H,17,18,19). The molecule has 1 heterocycles.